The van der Waals surface area contributed by atoms with Gasteiger partial charge in [0.05, 0.1) is 29.0 Å². The number of hydrogen-bond donors (Lipinski definition) is 0. The molecule has 0 N–H and O–H groups in total. The fourth-order valence-corrected chi connectivity index (χ4v) is 1.93. The van der Waals surface area contributed by atoms with E-state index in [1.807, 2.05) is 30.5 Å². The van der Waals surface area contributed by atoms with Gasteiger partial charge in [-0.15, -0.1) is 0 Å². The molecular formula is C11H17ClN4. The Kier molecular flexibility index (Phi) is 4.78. The molecule has 1 aromatic rings. The van der Waals surface area contributed by atoms with E-state index in [1.165, 1.54) is 0 Å². The Hall–Kier alpha value is -1.05. The topological polar surface area (TPSA) is 44.9 Å². The van der Waals surface area contributed by atoms with Gasteiger partial charge in [0.15, 0.2) is 0 Å². The highest BCUT2D eigenvalue weighted by Crippen LogP contribution is 2.22. The van der Waals surface area contributed by atoms with E-state index >= 15 is 0 Å². The maximum atomic E-state index is 8.61. The van der Waals surface area contributed by atoms with Gasteiger partial charge in [-0.05, 0) is 20.4 Å². The molecule has 88 valence electrons. The van der Waals surface area contributed by atoms with E-state index < -0.39 is 0 Å². The Morgan fingerprint density at radius 2 is 2.19 bits per heavy atom. The van der Waals surface area contributed by atoms with Crippen molar-refractivity contribution < 1.29 is 0 Å². The lowest BCUT2D eigenvalue weighted by molar-refractivity contribution is 0.352. The third-order valence-electron chi connectivity index (χ3n) is 2.45. The van der Waals surface area contributed by atoms with Gasteiger partial charge in [-0.1, -0.05) is 18.5 Å². The standard InChI is InChI=1S/C11H17ClN4/c1-4-9-11(12)10(16(5-2)14-9)8-15(3)7-6-13/h4-5,7-8H2,1-3H3. The van der Waals surface area contributed by atoms with Crippen LogP contribution in [0.2, 0.25) is 5.02 Å². The normalized spacial score (nSPS) is 10.8. The summed E-state index contributed by atoms with van der Waals surface area (Å²) in [6, 6.07) is 2.12. The largest absolute Gasteiger partial charge is 0.288 e. The van der Waals surface area contributed by atoms with Gasteiger partial charge in [-0.3, -0.25) is 9.58 Å². The number of nitriles is 1. The summed E-state index contributed by atoms with van der Waals surface area (Å²) >= 11 is 6.26. The number of halogens is 1. The third-order valence-corrected chi connectivity index (χ3v) is 2.89. The highest BCUT2D eigenvalue weighted by molar-refractivity contribution is 6.31. The number of aromatic nitrogens is 2. The first kappa shape index (κ1) is 13.0. The second-order valence-electron chi connectivity index (χ2n) is 3.71. The minimum Gasteiger partial charge on any atom is -0.288 e. The summed E-state index contributed by atoms with van der Waals surface area (Å²) in [6.45, 7) is 5.93. The Labute approximate surface area is 101 Å². The molecule has 0 unspecified atom stereocenters. The van der Waals surface area contributed by atoms with Crippen LogP contribution in [0.1, 0.15) is 25.2 Å². The molecule has 1 rings (SSSR count). The third kappa shape index (κ3) is 2.75. The molecule has 0 spiro atoms. The molecule has 0 saturated carbocycles. The summed E-state index contributed by atoms with van der Waals surface area (Å²) in [6.07, 6.45) is 0.834. The molecule has 5 heteroatoms. The van der Waals surface area contributed by atoms with E-state index in [1.54, 1.807) is 0 Å². The zero-order chi connectivity index (χ0) is 12.1. The second kappa shape index (κ2) is 5.88. The van der Waals surface area contributed by atoms with Crippen molar-refractivity contribution >= 4 is 11.6 Å². The van der Waals surface area contributed by atoms with Crippen LogP contribution in [0.4, 0.5) is 0 Å². The first-order valence-corrected chi connectivity index (χ1v) is 5.81. The highest BCUT2D eigenvalue weighted by atomic mass is 35.5. The lowest BCUT2D eigenvalue weighted by atomic mass is 10.3. The van der Waals surface area contributed by atoms with Gasteiger partial charge in [-0.25, -0.2) is 0 Å². The molecule has 0 bridgehead atoms. The highest BCUT2D eigenvalue weighted by Gasteiger charge is 2.15. The molecular weight excluding hydrogens is 224 g/mol. The van der Waals surface area contributed by atoms with Gasteiger partial charge in [-0.2, -0.15) is 10.4 Å². The molecule has 1 heterocycles. The van der Waals surface area contributed by atoms with E-state index in [0.29, 0.717) is 13.1 Å². The van der Waals surface area contributed by atoms with Gasteiger partial charge in [0.1, 0.15) is 0 Å². The first-order chi connectivity index (χ1) is 7.63. The average Bonchev–Trinajstić information content (AvgIpc) is 2.56. The summed E-state index contributed by atoms with van der Waals surface area (Å²) < 4.78 is 1.91. The smallest absolute Gasteiger partial charge is 0.0866 e. The van der Waals surface area contributed by atoms with E-state index in [9.17, 15) is 0 Å². The average molecular weight is 241 g/mol. The quantitative estimate of drug-likeness (QED) is 0.741. The SMILES string of the molecule is CCc1nn(CC)c(CN(C)CC#N)c1Cl. The molecule has 0 fully saturated rings. The predicted molar refractivity (Wildman–Crippen MR) is 64.2 cm³/mol. The van der Waals surface area contributed by atoms with Crippen LogP contribution in [0.3, 0.4) is 0 Å². The Morgan fingerprint density at radius 3 is 2.69 bits per heavy atom. The van der Waals surface area contributed by atoms with Crippen LogP contribution in [-0.2, 0) is 19.5 Å². The maximum Gasteiger partial charge on any atom is 0.0866 e. The van der Waals surface area contributed by atoms with Crippen LogP contribution >= 0.6 is 11.6 Å². The summed E-state index contributed by atoms with van der Waals surface area (Å²) in [4.78, 5) is 1.93. The predicted octanol–water partition coefficient (Wildman–Crippen LogP) is 2.07. The lowest BCUT2D eigenvalue weighted by Gasteiger charge is -2.13. The van der Waals surface area contributed by atoms with Gasteiger partial charge in [0.2, 0.25) is 0 Å². The summed E-state index contributed by atoms with van der Waals surface area (Å²) in [5, 5.41) is 13.8. The van der Waals surface area contributed by atoms with Crippen LogP contribution in [-0.4, -0.2) is 28.3 Å². The van der Waals surface area contributed by atoms with Crippen molar-refractivity contribution in [2.24, 2.45) is 0 Å². The van der Waals surface area contributed by atoms with Crippen molar-refractivity contribution in [3.63, 3.8) is 0 Å². The van der Waals surface area contributed by atoms with E-state index in [4.69, 9.17) is 16.9 Å². The number of aryl methyl sites for hydroxylation is 2. The monoisotopic (exact) mass is 240 g/mol. The zero-order valence-corrected chi connectivity index (χ0v) is 10.8. The van der Waals surface area contributed by atoms with E-state index in [-0.39, 0.29) is 0 Å². The lowest BCUT2D eigenvalue weighted by Crippen LogP contribution is -2.20. The summed E-state index contributed by atoms with van der Waals surface area (Å²) in [7, 11) is 1.90. The van der Waals surface area contributed by atoms with Crippen LogP contribution < -0.4 is 0 Å². The molecule has 0 aliphatic carbocycles. The molecule has 0 atom stereocenters. The fourth-order valence-electron chi connectivity index (χ4n) is 1.60. The van der Waals surface area contributed by atoms with Gasteiger partial charge in [0.25, 0.3) is 0 Å². The molecule has 1 aromatic heterocycles. The Balaban J connectivity index is 2.93. The number of rotatable bonds is 5. The molecule has 0 radical (unpaired) electrons. The Morgan fingerprint density at radius 1 is 1.50 bits per heavy atom. The van der Waals surface area contributed by atoms with Crippen LogP contribution in [0, 0.1) is 11.3 Å². The number of nitrogens with zero attached hydrogens (tertiary/aromatic N) is 4. The summed E-state index contributed by atoms with van der Waals surface area (Å²) in [5.74, 6) is 0. The Bertz CT molecular complexity index is 391. The van der Waals surface area contributed by atoms with Crippen LogP contribution in [0.25, 0.3) is 0 Å². The van der Waals surface area contributed by atoms with Gasteiger partial charge in [0, 0.05) is 13.1 Å². The van der Waals surface area contributed by atoms with Crippen LogP contribution in [0.15, 0.2) is 0 Å². The van der Waals surface area contributed by atoms with Crippen molar-refractivity contribution in [1.82, 2.24) is 14.7 Å². The number of hydrogen-bond acceptors (Lipinski definition) is 3. The second-order valence-corrected chi connectivity index (χ2v) is 4.09. The molecule has 16 heavy (non-hydrogen) atoms. The minimum absolute atomic E-state index is 0.396. The summed E-state index contributed by atoms with van der Waals surface area (Å²) in [5.41, 5.74) is 1.93. The van der Waals surface area contributed by atoms with Crippen LogP contribution in [0.5, 0.6) is 0 Å². The van der Waals surface area contributed by atoms with Crippen molar-refractivity contribution in [1.29, 1.82) is 5.26 Å². The van der Waals surface area contributed by atoms with Gasteiger partial charge < -0.3 is 0 Å². The molecule has 4 nitrogen and oxygen atoms in total. The van der Waals surface area contributed by atoms with E-state index in [0.717, 1.165) is 29.4 Å². The molecule has 0 saturated heterocycles. The fraction of sp³-hybridized carbons (Fsp3) is 0.636. The maximum absolute atomic E-state index is 8.61. The molecule has 0 amide bonds. The van der Waals surface area contributed by atoms with Crippen molar-refractivity contribution in [2.75, 3.05) is 13.6 Å². The first-order valence-electron chi connectivity index (χ1n) is 5.43. The zero-order valence-electron chi connectivity index (χ0n) is 10.00. The van der Waals surface area contributed by atoms with Crippen molar-refractivity contribution in [3.8, 4) is 6.07 Å². The molecule has 0 aliphatic heterocycles. The minimum atomic E-state index is 0.396. The van der Waals surface area contributed by atoms with Crippen molar-refractivity contribution in [3.05, 3.63) is 16.4 Å². The molecule has 0 aliphatic rings. The van der Waals surface area contributed by atoms with E-state index in [2.05, 4.69) is 11.2 Å². The molecule has 0 aromatic carbocycles. The van der Waals surface area contributed by atoms with Crippen molar-refractivity contribution in [2.45, 2.75) is 33.4 Å². The van der Waals surface area contributed by atoms with Gasteiger partial charge >= 0.3 is 0 Å².